The van der Waals surface area contributed by atoms with Crippen LogP contribution in [0.4, 0.5) is 0 Å². The van der Waals surface area contributed by atoms with Gasteiger partial charge in [0.05, 0.1) is 12.2 Å². The largest absolute Gasteiger partial charge is 0.259 e. The third-order valence-electron chi connectivity index (χ3n) is 6.11. The maximum atomic E-state index is 4.22. The molecule has 1 aliphatic heterocycles. The molecule has 3 heteroatoms. The molecule has 3 nitrogen and oxygen atoms in total. The molecule has 0 radical (unpaired) electrons. The van der Waals surface area contributed by atoms with E-state index >= 15 is 0 Å². The fourth-order valence-corrected chi connectivity index (χ4v) is 4.73. The standard InChI is InChI=1S/C19H17N3/c1-18-12-5-3-7-15(18)14-11-20-22-21-17(14)16-8-4-6-13(10-9-12)19(16,18)2/h3-10H,11H2,1-2H3,(H,20,21)/t18-,19-/m1/s1. The molecule has 0 spiro atoms. The third kappa shape index (κ3) is 1.09. The van der Waals surface area contributed by atoms with Gasteiger partial charge in [-0.2, -0.15) is 5.11 Å². The Balaban J connectivity index is 1.94. The van der Waals surface area contributed by atoms with Crippen molar-refractivity contribution in [2.24, 2.45) is 21.2 Å². The summed E-state index contributed by atoms with van der Waals surface area (Å²) in [6.45, 7) is 5.40. The molecule has 2 atom stereocenters. The Hall–Kier alpha value is -2.42. The second-order valence-corrected chi connectivity index (χ2v) is 6.74. The van der Waals surface area contributed by atoms with Gasteiger partial charge < -0.3 is 0 Å². The molecular formula is C19H17N3. The summed E-state index contributed by atoms with van der Waals surface area (Å²) >= 11 is 0. The quantitative estimate of drug-likeness (QED) is 0.715. The summed E-state index contributed by atoms with van der Waals surface area (Å²) in [6, 6.07) is 0. The van der Waals surface area contributed by atoms with E-state index in [0.717, 1.165) is 5.70 Å². The topological polar surface area (TPSA) is 36.8 Å². The van der Waals surface area contributed by atoms with Crippen molar-refractivity contribution in [2.75, 3.05) is 6.54 Å². The summed E-state index contributed by atoms with van der Waals surface area (Å²) in [5, 5.41) is 8.30. The third-order valence-corrected chi connectivity index (χ3v) is 6.11. The number of fused-ring (bicyclic) bond motifs is 2. The first-order valence-corrected chi connectivity index (χ1v) is 7.74. The summed E-state index contributed by atoms with van der Waals surface area (Å²) in [5.74, 6) is 0. The van der Waals surface area contributed by atoms with Gasteiger partial charge in [0, 0.05) is 16.4 Å². The maximum Gasteiger partial charge on any atom is 0.0894 e. The van der Waals surface area contributed by atoms with Crippen LogP contribution in [0.1, 0.15) is 13.8 Å². The van der Waals surface area contributed by atoms with Crippen molar-refractivity contribution in [3.63, 3.8) is 0 Å². The van der Waals surface area contributed by atoms with Crippen LogP contribution in [0.3, 0.4) is 0 Å². The highest BCUT2D eigenvalue weighted by atomic mass is 15.4. The average molecular weight is 287 g/mol. The molecule has 22 heavy (non-hydrogen) atoms. The first kappa shape index (κ1) is 12.2. The predicted molar refractivity (Wildman–Crippen MR) is 86.7 cm³/mol. The van der Waals surface area contributed by atoms with Gasteiger partial charge in [0.1, 0.15) is 0 Å². The zero-order valence-corrected chi connectivity index (χ0v) is 12.7. The van der Waals surface area contributed by atoms with Crippen molar-refractivity contribution in [3.8, 4) is 0 Å². The van der Waals surface area contributed by atoms with Crippen LogP contribution >= 0.6 is 0 Å². The molecule has 1 heterocycles. The molecule has 0 saturated carbocycles. The van der Waals surface area contributed by atoms with Crippen molar-refractivity contribution in [1.82, 2.24) is 5.43 Å². The zero-order valence-electron chi connectivity index (χ0n) is 12.7. The lowest BCUT2D eigenvalue weighted by Crippen LogP contribution is -2.51. The van der Waals surface area contributed by atoms with Crippen molar-refractivity contribution in [2.45, 2.75) is 13.8 Å². The van der Waals surface area contributed by atoms with Crippen LogP contribution in [0.2, 0.25) is 0 Å². The minimum absolute atomic E-state index is 0.0458. The Morgan fingerprint density at radius 3 is 2.27 bits per heavy atom. The first-order chi connectivity index (χ1) is 10.7. The van der Waals surface area contributed by atoms with E-state index in [-0.39, 0.29) is 10.8 Å². The average Bonchev–Trinajstić information content (AvgIpc) is 2.54. The Kier molecular flexibility index (Phi) is 2.03. The highest BCUT2D eigenvalue weighted by molar-refractivity contribution is 5.71. The molecule has 0 bridgehead atoms. The lowest BCUT2D eigenvalue weighted by atomic mass is 9.45. The summed E-state index contributed by atoms with van der Waals surface area (Å²) < 4.78 is 0. The van der Waals surface area contributed by atoms with E-state index in [0.29, 0.717) is 6.54 Å². The minimum atomic E-state index is -0.0683. The molecule has 0 unspecified atom stereocenters. The van der Waals surface area contributed by atoms with E-state index in [1.54, 1.807) is 0 Å². The summed E-state index contributed by atoms with van der Waals surface area (Å²) in [4.78, 5) is 0. The Bertz CT molecular complexity index is 787. The van der Waals surface area contributed by atoms with Crippen LogP contribution in [0.25, 0.3) is 0 Å². The van der Waals surface area contributed by atoms with Gasteiger partial charge in [0.25, 0.3) is 0 Å². The molecule has 0 fully saturated rings. The van der Waals surface area contributed by atoms with E-state index in [1.807, 2.05) is 0 Å². The Labute approximate surface area is 129 Å². The van der Waals surface area contributed by atoms with Gasteiger partial charge in [-0.1, -0.05) is 67.7 Å². The summed E-state index contributed by atoms with van der Waals surface area (Å²) in [5.41, 5.74) is 11.0. The molecule has 5 rings (SSSR count). The van der Waals surface area contributed by atoms with Gasteiger partial charge in [-0.05, 0) is 22.3 Å². The molecule has 108 valence electrons. The van der Waals surface area contributed by atoms with Crippen molar-refractivity contribution in [1.29, 1.82) is 0 Å². The number of rotatable bonds is 0. The zero-order chi connectivity index (χ0) is 14.9. The highest BCUT2D eigenvalue weighted by Gasteiger charge is 2.59. The molecule has 5 aliphatic rings. The van der Waals surface area contributed by atoms with E-state index in [1.165, 1.54) is 27.9 Å². The van der Waals surface area contributed by atoms with E-state index in [4.69, 9.17) is 0 Å². The minimum Gasteiger partial charge on any atom is -0.259 e. The number of allylic oxidation sites excluding steroid dienone is 11. The number of hydrogen-bond donors (Lipinski definition) is 1. The summed E-state index contributed by atoms with van der Waals surface area (Å²) in [6.07, 6.45) is 17.9. The van der Waals surface area contributed by atoms with Gasteiger partial charge >= 0.3 is 0 Å². The second-order valence-electron chi connectivity index (χ2n) is 6.74. The highest BCUT2D eigenvalue weighted by Crippen LogP contribution is 2.67. The number of nitrogens with zero attached hydrogens (tertiary/aromatic N) is 2. The van der Waals surface area contributed by atoms with E-state index in [2.05, 4.69) is 78.2 Å². The molecule has 0 aromatic heterocycles. The molecule has 0 aromatic carbocycles. The second kappa shape index (κ2) is 3.67. The van der Waals surface area contributed by atoms with Crippen LogP contribution in [0, 0.1) is 10.8 Å². The Morgan fingerprint density at radius 2 is 1.55 bits per heavy atom. The van der Waals surface area contributed by atoms with Crippen molar-refractivity contribution < 1.29 is 0 Å². The monoisotopic (exact) mass is 287 g/mol. The molecule has 0 aromatic rings. The fourth-order valence-electron chi connectivity index (χ4n) is 4.73. The summed E-state index contributed by atoms with van der Waals surface area (Å²) in [7, 11) is 0. The smallest absolute Gasteiger partial charge is 0.0894 e. The van der Waals surface area contributed by atoms with E-state index < -0.39 is 0 Å². The molecule has 0 amide bonds. The van der Waals surface area contributed by atoms with Gasteiger partial charge in [-0.15, -0.1) is 0 Å². The number of nitrogens with one attached hydrogen (secondary N) is 1. The molecule has 4 aliphatic carbocycles. The van der Waals surface area contributed by atoms with Crippen LogP contribution < -0.4 is 5.43 Å². The lowest BCUT2D eigenvalue weighted by Gasteiger charge is -2.58. The molecule has 1 N–H and O–H groups in total. The normalized spacial score (nSPS) is 36.6. The molecular weight excluding hydrogens is 270 g/mol. The maximum absolute atomic E-state index is 4.22. The van der Waals surface area contributed by atoms with Gasteiger partial charge in [0.2, 0.25) is 0 Å². The van der Waals surface area contributed by atoms with Gasteiger partial charge in [0.15, 0.2) is 0 Å². The van der Waals surface area contributed by atoms with Crippen LogP contribution in [0.5, 0.6) is 0 Å². The van der Waals surface area contributed by atoms with Gasteiger partial charge in [-0.25, -0.2) is 0 Å². The SMILES string of the molecule is C[C@@]12C3=CC=C4C=CC=C(C5=C(CN=NN5)C1=CC=C3)[C@@]42C. The van der Waals surface area contributed by atoms with Crippen LogP contribution in [-0.2, 0) is 0 Å². The lowest BCUT2D eigenvalue weighted by molar-refractivity contribution is 0.237. The number of hydrogen-bond acceptors (Lipinski definition) is 3. The van der Waals surface area contributed by atoms with Crippen LogP contribution in [0.15, 0.2) is 92.5 Å². The Morgan fingerprint density at radius 1 is 0.909 bits per heavy atom. The van der Waals surface area contributed by atoms with Gasteiger partial charge in [-0.3, -0.25) is 5.43 Å². The molecule has 0 saturated heterocycles. The first-order valence-electron chi connectivity index (χ1n) is 7.74. The van der Waals surface area contributed by atoms with Crippen LogP contribution in [-0.4, -0.2) is 6.54 Å². The van der Waals surface area contributed by atoms with Crippen molar-refractivity contribution in [3.05, 3.63) is 82.2 Å². The predicted octanol–water partition coefficient (Wildman–Crippen LogP) is 4.10. The van der Waals surface area contributed by atoms with Crippen molar-refractivity contribution >= 4 is 0 Å². The fraction of sp³-hybridized carbons (Fsp3) is 0.263. The van der Waals surface area contributed by atoms with E-state index in [9.17, 15) is 0 Å².